The molecule has 0 fully saturated rings. The predicted octanol–water partition coefficient (Wildman–Crippen LogP) is 3.12. The van der Waals surface area contributed by atoms with Crippen LogP contribution in [-0.2, 0) is 4.74 Å². The first kappa shape index (κ1) is 12.3. The van der Waals surface area contributed by atoms with Gasteiger partial charge in [0.05, 0.1) is 16.3 Å². The van der Waals surface area contributed by atoms with Gasteiger partial charge in [0.25, 0.3) is 0 Å². The summed E-state index contributed by atoms with van der Waals surface area (Å²) in [5.41, 5.74) is 1.38. The van der Waals surface area contributed by atoms with E-state index in [9.17, 15) is 4.79 Å². The highest BCUT2D eigenvalue weighted by atomic mass is 32.1. The number of nitrogens with one attached hydrogen (secondary N) is 1. The third-order valence-corrected chi connectivity index (χ3v) is 3.00. The highest BCUT2D eigenvalue weighted by molar-refractivity contribution is 7.19. The monoisotopic (exact) mass is 261 g/mol. The van der Waals surface area contributed by atoms with Gasteiger partial charge in [-0.15, -0.1) is 11.3 Å². The van der Waals surface area contributed by atoms with Crippen molar-refractivity contribution in [2.75, 3.05) is 5.32 Å². The van der Waals surface area contributed by atoms with E-state index in [1.807, 2.05) is 6.07 Å². The van der Waals surface area contributed by atoms with Crippen LogP contribution in [0.4, 0.5) is 10.5 Å². The Bertz CT molecular complexity index is 628. The second-order valence-electron chi connectivity index (χ2n) is 3.89. The smallest absolute Gasteiger partial charge is 0.411 e. The van der Waals surface area contributed by atoms with Crippen LogP contribution < -0.4 is 5.32 Å². The first-order chi connectivity index (χ1) is 8.58. The van der Waals surface area contributed by atoms with E-state index in [-0.39, 0.29) is 6.10 Å². The number of aromatic nitrogens is 1. The Hall–Kier alpha value is -2.13. The van der Waals surface area contributed by atoms with Crippen molar-refractivity contribution in [1.29, 1.82) is 5.26 Å². The number of hydrogen-bond donors (Lipinski definition) is 1. The van der Waals surface area contributed by atoms with Crippen LogP contribution in [0.3, 0.4) is 0 Å². The zero-order valence-corrected chi connectivity index (χ0v) is 10.7. The quantitative estimate of drug-likeness (QED) is 0.901. The van der Waals surface area contributed by atoms with E-state index in [1.54, 1.807) is 32.0 Å². The molecule has 0 aliphatic rings. The number of benzene rings is 1. The van der Waals surface area contributed by atoms with Crippen molar-refractivity contribution < 1.29 is 9.53 Å². The standard InChI is InChI=1S/C12H11N3O2S/c1-7(2)17-12(16)14-8-3-4-9-10(5-8)18-11(6-13)15-9/h3-5,7H,1-2H3,(H,14,16). The van der Waals surface area contributed by atoms with Crippen LogP contribution in [0.5, 0.6) is 0 Å². The topological polar surface area (TPSA) is 75.0 Å². The Kier molecular flexibility index (Phi) is 3.44. The molecule has 2 rings (SSSR count). The minimum absolute atomic E-state index is 0.165. The molecule has 18 heavy (non-hydrogen) atoms. The number of anilines is 1. The molecule has 0 spiro atoms. The molecule has 0 aliphatic heterocycles. The van der Waals surface area contributed by atoms with Gasteiger partial charge >= 0.3 is 6.09 Å². The molecule has 5 nitrogen and oxygen atoms in total. The molecule has 0 unspecified atom stereocenters. The van der Waals surface area contributed by atoms with Gasteiger partial charge in [-0.1, -0.05) is 0 Å². The van der Waals surface area contributed by atoms with Crippen LogP contribution in [0.25, 0.3) is 10.2 Å². The molecule has 0 bridgehead atoms. The fraction of sp³-hybridized carbons (Fsp3) is 0.250. The number of carbonyl (C=O) groups excluding carboxylic acids is 1. The number of carbonyl (C=O) groups is 1. The van der Waals surface area contributed by atoms with Gasteiger partial charge in [-0.25, -0.2) is 9.78 Å². The van der Waals surface area contributed by atoms with Crippen LogP contribution in [0.1, 0.15) is 18.9 Å². The summed E-state index contributed by atoms with van der Waals surface area (Å²) < 4.78 is 5.83. The van der Waals surface area contributed by atoms with Crippen LogP contribution >= 0.6 is 11.3 Å². The van der Waals surface area contributed by atoms with E-state index < -0.39 is 6.09 Å². The number of hydrogen-bond acceptors (Lipinski definition) is 5. The van der Waals surface area contributed by atoms with Gasteiger partial charge in [0, 0.05) is 5.69 Å². The molecule has 1 aromatic heterocycles. The average Bonchev–Trinajstić information content (AvgIpc) is 2.69. The fourth-order valence-corrected chi connectivity index (χ4v) is 2.21. The lowest BCUT2D eigenvalue weighted by molar-refractivity contribution is 0.130. The van der Waals surface area contributed by atoms with E-state index in [0.29, 0.717) is 10.7 Å². The van der Waals surface area contributed by atoms with Crippen molar-refractivity contribution in [2.24, 2.45) is 0 Å². The molecule has 2 aromatic rings. The van der Waals surface area contributed by atoms with Gasteiger partial charge in [0.15, 0.2) is 5.01 Å². The summed E-state index contributed by atoms with van der Waals surface area (Å²) in [6, 6.07) is 7.26. The van der Waals surface area contributed by atoms with Crippen molar-refractivity contribution in [3.05, 3.63) is 23.2 Å². The molecular formula is C12H11N3O2S. The summed E-state index contributed by atoms with van der Waals surface area (Å²) in [7, 11) is 0. The minimum Gasteiger partial charge on any atom is -0.447 e. The van der Waals surface area contributed by atoms with Gasteiger partial charge < -0.3 is 4.74 Å². The summed E-state index contributed by atoms with van der Waals surface area (Å²) >= 11 is 1.29. The molecular weight excluding hydrogens is 250 g/mol. The maximum Gasteiger partial charge on any atom is 0.411 e. The number of nitrogens with zero attached hydrogens (tertiary/aromatic N) is 2. The summed E-state index contributed by atoms with van der Waals surface area (Å²) in [5.74, 6) is 0. The average molecular weight is 261 g/mol. The van der Waals surface area contributed by atoms with Crippen LogP contribution in [-0.4, -0.2) is 17.2 Å². The van der Waals surface area contributed by atoms with E-state index in [0.717, 1.165) is 10.2 Å². The minimum atomic E-state index is -0.491. The summed E-state index contributed by atoms with van der Waals surface area (Å²) in [5, 5.41) is 11.8. The third-order valence-electron chi connectivity index (χ3n) is 2.07. The van der Waals surface area contributed by atoms with Gasteiger partial charge in [-0.05, 0) is 32.0 Å². The molecule has 1 aromatic carbocycles. The Morgan fingerprint density at radius 1 is 1.56 bits per heavy atom. The molecule has 0 saturated carbocycles. The lowest BCUT2D eigenvalue weighted by atomic mass is 10.3. The van der Waals surface area contributed by atoms with E-state index in [4.69, 9.17) is 10.00 Å². The molecule has 0 radical (unpaired) electrons. The first-order valence-electron chi connectivity index (χ1n) is 5.37. The molecule has 1 amide bonds. The number of rotatable bonds is 2. The highest BCUT2D eigenvalue weighted by Gasteiger charge is 2.08. The number of ether oxygens (including phenoxy) is 1. The second-order valence-corrected chi connectivity index (χ2v) is 4.92. The number of thiazole rings is 1. The van der Waals surface area contributed by atoms with E-state index in [2.05, 4.69) is 10.3 Å². The molecule has 92 valence electrons. The third kappa shape index (κ3) is 2.76. The Morgan fingerprint density at radius 2 is 2.33 bits per heavy atom. The number of nitriles is 1. The van der Waals surface area contributed by atoms with Gasteiger partial charge in [0.2, 0.25) is 0 Å². The van der Waals surface area contributed by atoms with Gasteiger partial charge in [0.1, 0.15) is 6.07 Å². The van der Waals surface area contributed by atoms with Gasteiger partial charge in [-0.2, -0.15) is 5.26 Å². The zero-order valence-electron chi connectivity index (χ0n) is 9.93. The second kappa shape index (κ2) is 5.02. The maximum atomic E-state index is 11.4. The van der Waals surface area contributed by atoms with Crippen molar-refractivity contribution in [3.8, 4) is 6.07 Å². The molecule has 0 atom stereocenters. The Labute approximate surface area is 108 Å². The SMILES string of the molecule is CC(C)OC(=O)Nc1ccc2nc(C#N)sc2c1. The van der Waals surface area contributed by atoms with Crippen molar-refractivity contribution in [2.45, 2.75) is 20.0 Å². The molecule has 0 saturated heterocycles. The normalized spacial score (nSPS) is 10.3. The van der Waals surface area contributed by atoms with Crippen molar-refractivity contribution in [1.82, 2.24) is 4.98 Å². The summed E-state index contributed by atoms with van der Waals surface area (Å²) in [6.07, 6.45) is -0.656. The first-order valence-corrected chi connectivity index (χ1v) is 6.18. The summed E-state index contributed by atoms with van der Waals surface area (Å²) in [6.45, 7) is 3.57. The highest BCUT2D eigenvalue weighted by Crippen LogP contribution is 2.24. The van der Waals surface area contributed by atoms with E-state index in [1.165, 1.54) is 11.3 Å². The Morgan fingerprint density at radius 3 is 3.00 bits per heavy atom. The fourth-order valence-electron chi connectivity index (χ4n) is 1.41. The largest absolute Gasteiger partial charge is 0.447 e. The lowest BCUT2D eigenvalue weighted by Crippen LogP contribution is -2.17. The van der Waals surface area contributed by atoms with E-state index >= 15 is 0 Å². The van der Waals surface area contributed by atoms with Crippen molar-refractivity contribution >= 4 is 33.3 Å². The van der Waals surface area contributed by atoms with Crippen molar-refractivity contribution in [3.63, 3.8) is 0 Å². The molecule has 6 heteroatoms. The predicted molar refractivity (Wildman–Crippen MR) is 69.6 cm³/mol. The number of fused-ring (bicyclic) bond motifs is 1. The summed E-state index contributed by atoms with van der Waals surface area (Å²) in [4.78, 5) is 15.5. The van der Waals surface area contributed by atoms with Crippen LogP contribution in [0.15, 0.2) is 18.2 Å². The zero-order chi connectivity index (χ0) is 13.1. The lowest BCUT2D eigenvalue weighted by Gasteiger charge is -2.09. The number of amides is 1. The molecule has 1 N–H and O–H groups in total. The van der Waals surface area contributed by atoms with Crippen LogP contribution in [0, 0.1) is 11.3 Å². The molecule has 1 heterocycles. The Balaban J connectivity index is 2.20. The maximum absolute atomic E-state index is 11.4. The molecule has 0 aliphatic carbocycles. The van der Waals surface area contributed by atoms with Gasteiger partial charge in [-0.3, -0.25) is 5.32 Å². The van der Waals surface area contributed by atoms with Crippen LogP contribution in [0.2, 0.25) is 0 Å².